The molecule has 32 heavy (non-hydrogen) atoms. The van der Waals surface area contributed by atoms with Gasteiger partial charge in [0.25, 0.3) is 0 Å². The standard InChI is InChI=1S/C29H30N2S/c1-19-13-14-22(15-20(19)2)26-17-32-28(31-26)30-18-29(3,4)16-25-23-11-7-8-12-24(23)27(25)21-9-5-6-10-21/h5-15,17,25H,16,18H2,1-4H3,(H,30,31). The summed E-state index contributed by atoms with van der Waals surface area (Å²) >= 11 is 1.69. The number of benzene rings is 2. The zero-order valence-corrected chi connectivity index (χ0v) is 20.1. The lowest BCUT2D eigenvalue weighted by Crippen LogP contribution is -2.29. The highest BCUT2D eigenvalue weighted by atomic mass is 32.1. The maximum Gasteiger partial charge on any atom is 0.183 e. The van der Waals surface area contributed by atoms with E-state index in [4.69, 9.17) is 4.98 Å². The van der Waals surface area contributed by atoms with Crippen LogP contribution in [-0.2, 0) is 0 Å². The van der Waals surface area contributed by atoms with Gasteiger partial charge in [-0.2, -0.15) is 0 Å². The minimum absolute atomic E-state index is 0.141. The first-order valence-electron chi connectivity index (χ1n) is 11.4. The summed E-state index contributed by atoms with van der Waals surface area (Å²) in [6, 6.07) is 15.5. The van der Waals surface area contributed by atoms with Gasteiger partial charge in [-0.15, -0.1) is 11.3 Å². The number of anilines is 1. The quantitative estimate of drug-likeness (QED) is 0.422. The smallest absolute Gasteiger partial charge is 0.183 e. The molecule has 162 valence electrons. The molecule has 0 fully saturated rings. The van der Waals surface area contributed by atoms with Crippen LogP contribution in [0.1, 0.15) is 48.4 Å². The number of aromatic nitrogens is 1. The third-order valence-electron chi connectivity index (χ3n) is 6.73. The Balaban J connectivity index is 1.29. The number of fused-ring (bicyclic) bond motifs is 1. The lowest BCUT2D eigenvalue weighted by Gasteiger charge is -2.40. The van der Waals surface area contributed by atoms with E-state index in [9.17, 15) is 0 Å². The van der Waals surface area contributed by atoms with Gasteiger partial charge in [-0.1, -0.05) is 74.5 Å². The van der Waals surface area contributed by atoms with E-state index >= 15 is 0 Å². The van der Waals surface area contributed by atoms with Crippen molar-refractivity contribution in [3.63, 3.8) is 0 Å². The number of hydrogen-bond donors (Lipinski definition) is 1. The van der Waals surface area contributed by atoms with Gasteiger partial charge in [0.2, 0.25) is 0 Å². The molecule has 2 aromatic carbocycles. The molecule has 2 nitrogen and oxygen atoms in total. The molecule has 0 spiro atoms. The van der Waals surface area contributed by atoms with Crippen LogP contribution in [0.3, 0.4) is 0 Å². The van der Waals surface area contributed by atoms with Crippen molar-refractivity contribution in [1.29, 1.82) is 0 Å². The average Bonchev–Trinajstić information content (AvgIpc) is 3.46. The van der Waals surface area contributed by atoms with Gasteiger partial charge in [0, 0.05) is 23.4 Å². The molecule has 1 atom stereocenters. The number of nitrogens with zero attached hydrogens (tertiary/aromatic N) is 1. The Morgan fingerprint density at radius 3 is 2.56 bits per heavy atom. The average molecular weight is 439 g/mol. The number of thiazole rings is 1. The number of nitrogens with one attached hydrogen (secondary N) is 1. The first-order chi connectivity index (χ1) is 15.4. The lowest BCUT2D eigenvalue weighted by atomic mass is 9.65. The van der Waals surface area contributed by atoms with E-state index in [1.54, 1.807) is 11.3 Å². The topological polar surface area (TPSA) is 24.9 Å². The monoisotopic (exact) mass is 438 g/mol. The minimum atomic E-state index is 0.141. The lowest BCUT2D eigenvalue weighted by molar-refractivity contribution is 0.341. The molecule has 0 saturated heterocycles. The molecule has 1 N–H and O–H groups in total. The van der Waals surface area contributed by atoms with Gasteiger partial charge in [-0.25, -0.2) is 4.98 Å². The molecule has 1 aromatic heterocycles. The predicted molar refractivity (Wildman–Crippen MR) is 138 cm³/mol. The predicted octanol–water partition coefficient (Wildman–Crippen LogP) is 7.93. The van der Waals surface area contributed by atoms with Crippen LogP contribution < -0.4 is 5.32 Å². The van der Waals surface area contributed by atoms with Gasteiger partial charge < -0.3 is 5.32 Å². The van der Waals surface area contributed by atoms with E-state index in [1.807, 2.05) is 0 Å². The summed E-state index contributed by atoms with van der Waals surface area (Å²) in [5, 5.41) is 6.78. The summed E-state index contributed by atoms with van der Waals surface area (Å²) in [6.45, 7) is 9.94. The summed E-state index contributed by atoms with van der Waals surface area (Å²) in [6.07, 6.45) is 9.89. The Kier molecular flexibility index (Phi) is 5.38. The highest BCUT2D eigenvalue weighted by Crippen LogP contribution is 2.53. The van der Waals surface area contributed by atoms with E-state index in [0.29, 0.717) is 5.92 Å². The number of rotatable bonds is 6. The first kappa shape index (κ1) is 21.0. The normalized spacial score (nSPS) is 16.9. The molecule has 0 aliphatic heterocycles. The molecular formula is C29H30N2S. The van der Waals surface area contributed by atoms with Crippen molar-refractivity contribution in [3.05, 3.63) is 100.0 Å². The highest BCUT2D eigenvalue weighted by molar-refractivity contribution is 7.14. The van der Waals surface area contributed by atoms with Crippen LogP contribution in [0.4, 0.5) is 5.13 Å². The van der Waals surface area contributed by atoms with Crippen LogP contribution in [-0.4, -0.2) is 11.5 Å². The Labute approximate surface area is 195 Å². The summed E-state index contributed by atoms with van der Waals surface area (Å²) in [5.74, 6) is 0.493. The summed E-state index contributed by atoms with van der Waals surface area (Å²) < 4.78 is 0. The van der Waals surface area contributed by atoms with Crippen LogP contribution in [0.15, 0.2) is 77.7 Å². The van der Waals surface area contributed by atoms with Gasteiger partial charge >= 0.3 is 0 Å². The molecule has 3 heteroatoms. The number of allylic oxidation sites excluding steroid dienone is 6. The van der Waals surface area contributed by atoms with E-state index < -0.39 is 0 Å². The van der Waals surface area contributed by atoms with Gasteiger partial charge in [0.1, 0.15) is 0 Å². The largest absolute Gasteiger partial charge is 0.361 e. The second-order valence-electron chi connectivity index (χ2n) is 9.79. The van der Waals surface area contributed by atoms with E-state index in [-0.39, 0.29) is 5.41 Å². The molecule has 0 radical (unpaired) electrons. The van der Waals surface area contributed by atoms with Gasteiger partial charge in [-0.05, 0) is 65.1 Å². The molecule has 0 saturated carbocycles. The van der Waals surface area contributed by atoms with Crippen molar-refractivity contribution in [1.82, 2.24) is 4.98 Å². The fourth-order valence-corrected chi connectivity index (χ4v) is 5.48. The van der Waals surface area contributed by atoms with Crippen molar-refractivity contribution >= 4 is 22.0 Å². The molecule has 5 rings (SSSR count). The van der Waals surface area contributed by atoms with Crippen molar-refractivity contribution < 1.29 is 0 Å². The summed E-state index contributed by atoms with van der Waals surface area (Å²) in [7, 11) is 0. The van der Waals surface area contributed by atoms with E-state index in [0.717, 1.165) is 23.8 Å². The fourth-order valence-electron chi connectivity index (χ4n) is 4.76. The molecule has 2 aliphatic carbocycles. The van der Waals surface area contributed by atoms with Crippen LogP contribution in [0.25, 0.3) is 16.8 Å². The second kappa shape index (κ2) is 8.22. The second-order valence-corrected chi connectivity index (χ2v) is 10.6. The number of hydrogen-bond acceptors (Lipinski definition) is 3. The van der Waals surface area contributed by atoms with Crippen molar-refractivity contribution in [3.8, 4) is 11.3 Å². The Morgan fingerprint density at radius 1 is 1.00 bits per heavy atom. The SMILES string of the molecule is Cc1ccc(-c2csc(NCC(C)(C)CC3C(=C4C=CC=C4)c4ccccc43)n2)cc1C. The molecule has 1 heterocycles. The number of aryl methyl sites for hydroxylation is 2. The third-order valence-corrected chi connectivity index (χ3v) is 7.53. The first-order valence-corrected chi connectivity index (χ1v) is 12.2. The maximum absolute atomic E-state index is 4.86. The third kappa shape index (κ3) is 3.98. The maximum atomic E-state index is 4.86. The van der Waals surface area contributed by atoms with Crippen LogP contribution in [0.5, 0.6) is 0 Å². The summed E-state index contributed by atoms with van der Waals surface area (Å²) in [5.41, 5.74) is 10.8. The Bertz CT molecular complexity index is 1240. The van der Waals surface area contributed by atoms with Crippen molar-refractivity contribution in [2.24, 2.45) is 5.41 Å². The minimum Gasteiger partial charge on any atom is -0.361 e. The van der Waals surface area contributed by atoms with Crippen LogP contribution >= 0.6 is 11.3 Å². The van der Waals surface area contributed by atoms with Crippen molar-refractivity contribution in [2.45, 2.75) is 40.0 Å². The van der Waals surface area contributed by atoms with E-state index in [1.165, 1.54) is 39.0 Å². The van der Waals surface area contributed by atoms with Crippen LogP contribution in [0, 0.1) is 19.3 Å². The fraction of sp³-hybridized carbons (Fsp3) is 0.276. The molecule has 1 unspecified atom stereocenters. The van der Waals surface area contributed by atoms with Gasteiger partial charge in [0.15, 0.2) is 5.13 Å². The van der Waals surface area contributed by atoms with Crippen molar-refractivity contribution in [2.75, 3.05) is 11.9 Å². The van der Waals surface area contributed by atoms with E-state index in [2.05, 4.69) is 105 Å². The van der Waals surface area contributed by atoms with Gasteiger partial charge in [-0.3, -0.25) is 0 Å². The van der Waals surface area contributed by atoms with Crippen LogP contribution in [0.2, 0.25) is 0 Å². The molecule has 0 amide bonds. The zero-order chi connectivity index (χ0) is 22.3. The zero-order valence-electron chi connectivity index (χ0n) is 19.3. The summed E-state index contributed by atoms with van der Waals surface area (Å²) in [4.78, 5) is 4.86. The van der Waals surface area contributed by atoms with Gasteiger partial charge in [0.05, 0.1) is 5.69 Å². The Morgan fingerprint density at radius 2 is 1.78 bits per heavy atom. The highest BCUT2D eigenvalue weighted by Gasteiger charge is 2.37. The molecule has 3 aromatic rings. The molecule has 2 aliphatic rings. The molecular weight excluding hydrogens is 408 g/mol. The Hall–Kier alpha value is -2.91. The molecule has 0 bridgehead atoms.